The Morgan fingerprint density at radius 1 is 1.29 bits per heavy atom. The summed E-state index contributed by atoms with van der Waals surface area (Å²) in [5.41, 5.74) is 0.810. The molecule has 17 heavy (non-hydrogen) atoms. The molecule has 0 unspecified atom stereocenters. The minimum Gasteiger partial charge on any atom is -0.369 e. The van der Waals surface area contributed by atoms with E-state index in [1.54, 1.807) is 18.7 Å². The van der Waals surface area contributed by atoms with E-state index in [1.165, 1.54) is 0 Å². The number of rotatable bonds is 3. The number of imidazole rings is 2. The van der Waals surface area contributed by atoms with Gasteiger partial charge in [-0.1, -0.05) is 0 Å². The number of hydrogen-bond donors (Lipinski definition) is 1. The third-order valence-electron chi connectivity index (χ3n) is 2.46. The molecule has 0 bridgehead atoms. The van der Waals surface area contributed by atoms with Gasteiger partial charge >= 0.3 is 0 Å². The van der Waals surface area contributed by atoms with Crippen LogP contribution < -0.4 is 5.32 Å². The van der Waals surface area contributed by atoms with Crippen LogP contribution in [0.5, 0.6) is 0 Å². The van der Waals surface area contributed by atoms with Gasteiger partial charge in [0.05, 0.1) is 6.20 Å². The van der Waals surface area contributed by atoms with Crippen molar-refractivity contribution in [1.82, 2.24) is 23.9 Å². The molecule has 0 saturated carbocycles. The maximum absolute atomic E-state index is 4.53. The molecule has 0 amide bonds. The van der Waals surface area contributed by atoms with Crippen LogP contribution in [0.25, 0.3) is 11.5 Å². The summed E-state index contributed by atoms with van der Waals surface area (Å²) in [6.07, 6.45) is 10.9. The summed E-state index contributed by atoms with van der Waals surface area (Å²) in [5.74, 6) is 1.59. The van der Waals surface area contributed by atoms with Crippen molar-refractivity contribution >= 4 is 11.5 Å². The molecule has 3 aromatic heterocycles. The molecule has 0 saturated heterocycles. The van der Waals surface area contributed by atoms with Gasteiger partial charge < -0.3 is 9.72 Å². The van der Waals surface area contributed by atoms with E-state index in [1.807, 2.05) is 34.5 Å². The van der Waals surface area contributed by atoms with Crippen molar-refractivity contribution in [2.75, 3.05) is 11.9 Å². The van der Waals surface area contributed by atoms with Gasteiger partial charge in [0.2, 0.25) is 0 Å². The normalized spacial score (nSPS) is 10.9. The van der Waals surface area contributed by atoms with Crippen LogP contribution in [0, 0.1) is 0 Å². The Morgan fingerprint density at radius 3 is 3.00 bits per heavy atom. The summed E-state index contributed by atoms with van der Waals surface area (Å²) in [6.45, 7) is 2.87. The van der Waals surface area contributed by atoms with Crippen LogP contribution in [0.2, 0.25) is 0 Å². The zero-order valence-corrected chi connectivity index (χ0v) is 9.41. The van der Waals surface area contributed by atoms with E-state index in [4.69, 9.17) is 0 Å². The summed E-state index contributed by atoms with van der Waals surface area (Å²) < 4.78 is 3.80. The second kappa shape index (κ2) is 3.89. The Morgan fingerprint density at radius 2 is 2.24 bits per heavy atom. The van der Waals surface area contributed by atoms with Gasteiger partial charge in [0.1, 0.15) is 12.1 Å². The molecular weight excluding hydrogens is 216 g/mol. The third kappa shape index (κ3) is 1.63. The van der Waals surface area contributed by atoms with Crippen molar-refractivity contribution in [3.05, 3.63) is 37.3 Å². The number of anilines is 1. The Balaban J connectivity index is 2.23. The monoisotopic (exact) mass is 228 g/mol. The first-order chi connectivity index (χ1) is 8.38. The average Bonchev–Trinajstić information content (AvgIpc) is 2.99. The first-order valence-electron chi connectivity index (χ1n) is 5.44. The highest BCUT2D eigenvalue weighted by molar-refractivity contribution is 5.58. The van der Waals surface area contributed by atoms with Crippen LogP contribution in [-0.2, 0) is 0 Å². The summed E-state index contributed by atoms with van der Waals surface area (Å²) >= 11 is 0. The number of nitrogens with one attached hydrogen (secondary N) is 1. The van der Waals surface area contributed by atoms with E-state index in [0.717, 1.165) is 23.8 Å². The first-order valence-corrected chi connectivity index (χ1v) is 5.44. The van der Waals surface area contributed by atoms with E-state index >= 15 is 0 Å². The van der Waals surface area contributed by atoms with Crippen LogP contribution in [-0.4, -0.2) is 30.5 Å². The minimum absolute atomic E-state index is 0.769. The Hall–Kier alpha value is -2.37. The lowest BCUT2D eigenvalue weighted by atomic mass is 10.5. The Labute approximate surface area is 98.0 Å². The number of nitrogens with zero attached hydrogens (tertiary/aromatic N) is 5. The summed E-state index contributed by atoms with van der Waals surface area (Å²) in [4.78, 5) is 12.9. The van der Waals surface area contributed by atoms with Crippen LogP contribution in [0.4, 0.5) is 5.82 Å². The number of fused-ring (bicyclic) bond motifs is 1. The fourth-order valence-corrected chi connectivity index (χ4v) is 1.74. The first kappa shape index (κ1) is 9.83. The van der Waals surface area contributed by atoms with Gasteiger partial charge in [0, 0.05) is 31.3 Å². The smallest absolute Gasteiger partial charge is 0.184 e. The fourth-order valence-electron chi connectivity index (χ4n) is 1.74. The summed E-state index contributed by atoms with van der Waals surface area (Å²) in [7, 11) is 0. The zero-order chi connectivity index (χ0) is 11.7. The van der Waals surface area contributed by atoms with Crippen LogP contribution in [0.3, 0.4) is 0 Å². The van der Waals surface area contributed by atoms with E-state index in [0.29, 0.717) is 0 Å². The maximum atomic E-state index is 4.53. The van der Waals surface area contributed by atoms with Crippen molar-refractivity contribution in [1.29, 1.82) is 0 Å². The fraction of sp³-hybridized carbons (Fsp3) is 0.182. The average molecular weight is 228 g/mol. The Bertz CT molecular complexity index is 625. The minimum atomic E-state index is 0.769. The highest BCUT2D eigenvalue weighted by Crippen LogP contribution is 2.15. The van der Waals surface area contributed by atoms with Crippen LogP contribution >= 0.6 is 0 Å². The molecule has 3 rings (SSSR count). The highest BCUT2D eigenvalue weighted by atomic mass is 15.2. The lowest BCUT2D eigenvalue weighted by Crippen LogP contribution is -2.06. The lowest BCUT2D eigenvalue weighted by molar-refractivity contribution is 0.964. The van der Waals surface area contributed by atoms with Gasteiger partial charge in [0.15, 0.2) is 11.5 Å². The molecule has 1 N–H and O–H groups in total. The van der Waals surface area contributed by atoms with Gasteiger partial charge in [-0.05, 0) is 6.92 Å². The SMILES string of the molecule is CCNc1cn2ccnc2c(-n2ccnc2)n1. The second-order valence-corrected chi connectivity index (χ2v) is 3.61. The third-order valence-corrected chi connectivity index (χ3v) is 2.46. The number of aromatic nitrogens is 5. The van der Waals surface area contributed by atoms with Crippen molar-refractivity contribution in [2.45, 2.75) is 6.92 Å². The molecule has 3 heterocycles. The molecule has 0 aliphatic carbocycles. The lowest BCUT2D eigenvalue weighted by Gasteiger charge is -2.08. The van der Waals surface area contributed by atoms with E-state index in [9.17, 15) is 0 Å². The molecular formula is C11H12N6. The van der Waals surface area contributed by atoms with Crippen LogP contribution in [0.1, 0.15) is 6.92 Å². The molecule has 0 aliphatic rings. The Kier molecular flexibility index (Phi) is 2.25. The predicted molar refractivity (Wildman–Crippen MR) is 64.3 cm³/mol. The van der Waals surface area contributed by atoms with Gasteiger partial charge in [-0.15, -0.1) is 0 Å². The molecule has 0 fully saturated rings. The molecule has 0 aliphatic heterocycles. The molecule has 0 aromatic carbocycles. The van der Waals surface area contributed by atoms with Gasteiger partial charge in [-0.25, -0.2) is 15.0 Å². The van der Waals surface area contributed by atoms with Crippen molar-refractivity contribution in [2.24, 2.45) is 0 Å². The van der Waals surface area contributed by atoms with Crippen molar-refractivity contribution in [3.8, 4) is 5.82 Å². The van der Waals surface area contributed by atoms with E-state index in [2.05, 4.69) is 20.3 Å². The molecule has 6 nitrogen and oxygen atoms in total. The molecule has 3 aromatic rings. The summed E-state index contributed by atoms with van der Waals surface area (Å²) in [5, 5.41) is 3.20. The zero-order valence-electron chi connectivity index (χ0n) is 9.41. The molecule has 0 spiro atoms. The molecule has 0 atom stereocenters. The summed E-state index contributed by atoms with van der Waals surface area (Å²) in [6, 6.07) is 0. The van der Waals surface area contributed by atoms with Crippen LogP contribution in [0.15, 0.2) is 37.3 Å². The largest absolute Gasteiger partial charge is 0.369 e. The van der Waals surface area contributed by atoms with E-state index < -0.39 is 0 Å². The van der Waals surface area contributed by atoms with Gasteiger partial charge in [-0.2, -0.15) is 0 Å². The molecule has 6 heteroatoms. The van der Waals surface area contributed by atoms with Crippen molar-refractivity contribution in [3.63, 3.8) is 0 Å². The predicted octanol–water partition coefficient (Wildman–Crippen LogP) is 1.35. The second-order valence-electron chi connectivity index (χ2n) is 3.61. The van der Waals surface area contributed by atoms with Crippen molar-refractivity contribution < 1.29 is 0 Å². The standard InChI is InChI=1S/C11H12N6/c1-2-13-9-7-16-6-4-14-10(16)11(15-9)17-5-3-12-8-17/h3-8,13H,2H2,1H3. The van der Waals surface area contributed by atoms with Gasteiger partial charge in [-0.3, -0.25) is 4.57 Å². The van der Waals surface area contributed by atoms with E-state index in [-0.39, 0.29) is 0 Å². The van der Waals surface area contributed by atoms with Gasteiger partial charge in [0.25, 0.3) is 0 Å². The maximum Gasteiger partial charge on any atom is 0.184 e. The molecule has 86 valence electrons. The number of hydrogen-bond acceptors (Lipinski definition) is 4. The highest BCUT2D eigenvalue weighted by Gasteiger charge is 2.08. The topological polar surface area (TPSA) is 60.0 Å². The quantitative estimate of drug-likeness (QED) is 0.735. The molecule has 0 radical (unpaired) electrons.